The Morgan fingerprint density at radius 2 is 2.20 bits per heavy atom. The average Bonchev–Trinajstić information content (AvgIpc) is 2.92. The van der Waals surface area contributed by atoms with Crippen LogP contribution in [0, 0.1) is 11.8 Å². The van der Waals surface area contributed by atoms with Gasteiger partial charge in [-0.1, -0.05) is 23.2 Å². The molecule has 102 valence electrons. The van der Waals surface area contributed by atoms with E-state index in [1.54, 1.807) is 37.6 Å². The molecular weight excluding hydrogens is 274 g/mol. The second-order valence-corrected chi connectivity index (χ2v) is 4.75. The Kier molecular flexibility index (Phi) is 4.71. The maximum Gasteiger partial charge on any atom is 0.257 e. The fourth-order valence-electron chi connectivity index (χ4n) is 1.44. The predicted molar refractivity (Wildman–Crippen MR) is 79.0 cm³/mol. The third-order valence-corrected chi connectivity index (χ3v) is 3.22. The van der Waals surface area contributed by atoms with Crippen LogP contribution >= 0.6 is 11.3 Å². The van der Waals surface area contributed by atoms with E-state index in [9.17, 15) is 4.79 Å². The zero-order valence-electron chi connectivity index (χ0n) is 10.8. The van der Waals surface area contributed by atoms with Crippen LogP contribution in [0.1, 0.15) is 15.2 Å². The molecule has 0 atom stereocenters. The molecule has 0 unspecified atom stereocenters. The first-order valence-electron chi connectivity index (χ1n) is 5.83. The van der Waals surface area contributed by atoms with Crippen LogP contribution in [0.2, 0.25) is 0 Å². The number of rotatable bonds is 3. The highest BCUT2D eigenvalue weighted by molar-refractivity contribution is 7.16. The molecule has 0 aliphatic rings. The van der Waals surface area contributed by atoms with Crippen molar-refractivity contribution >= 4 is 22.4 Å². The number of anilines is 1. The summed E-state index contributed by atoms with van der Waals surface area (Å²) in [4.78, 5) is 16.8. The summed E-state index contributed by atoms with van der Waals surface area (Å²) in [7, 11) is 1.58. The number of benzene rings is 1. The average molecular weight is 287 g/mol. The molecule has 1 heterocycles. The van der Waals surface area contributed by atoms with Gasteiger partial charge in [-0.2, -0.15) is 0 Å². The molecule has 0 aliphatic heterocycles. The number of nitrogens with zero attached hydrogens (tertiary/aromatic N) is 1. The van der Waals surface area contributed by atoms with E-state index in [0.717, 1.165) is 4.88 Å². The third-order valence-electron chi connectivity index (χ3n) is 2.39. The molecule has 0 spiro atoms. The molecule has 0 radical (unpaired) electrons. The fraction of sp³-hybridized carbons (Fsp3) is 0.143. The molecule has 0 bridgehead atoms. The standard InChI is InChI=1S/C14H13N3O2S/c1-19-11-6-4-10(5-7-11)13(18)17-14-16-9-12(20-14)3-2-8-15/h4-7,9H,8,15H2,1H3,(H,16,17,18). The Morgan fingerprint density at radius 1 is 1.45 bits per heavy atom. The minimum Gasteiger partial charge on any atom is -0.497 e. The third kappa shape index (κ3) is 3.57. The van der Waals surface area contributed by atoms with Crippen molar-refractivity contribution < 1.29 is 9.53 Å². The number of nitrogens with one attached hydrogen (secondary N) is 1. The van der Waals surface area contributed by atoms with Crippen LogP contribution in [0.25, 0.3) is 0 Å². The van der Waals surface area contributed by atoms with Crippen LogP contribution in [-0.4, -0.2) is 24.5 Å². The van der Waals surface area contributed by atoms with Gasteiger partial charge in [0, 0.05) is 5.56 Å². The Morgan fingerprint density at radius 3 is 2.85 bits per heavy atom. The summed E-state index contributed by atoms with van der Waals surface area (Å²) in [5.41, 5.74) is 5.83. The van der Waals surface area contributed by atoms with E-state index in [0.29, 0.717) is 23.0 Å². The van der Waals surface area contributed by atoms with Gasteiger partial charge in [-0.05, 0) is 24.3 Å². The van der Waals surface area contributed by atoms with E-state index < -0.39 is 0 Å². The van der Waals surface area contributed by atoms with Crippen LogP contribution in [-0.2, 0) is 0 Å². The van der Waals surface area contributed by atoms with Gasteiger partial charge in [0.15, 0.2) is 5.13 Å². The highest BCUT2D eigenvalue weighted by Crippen LogP contribution is 2.18. The van der Waals surface area contributed by atoms with Crippen molar-refractivity contribution in [3.8, 4) is 17.6 Å². The lowest BCUT2D eigenvalue weighted by molar-refractivity contribution is 0.102. The minimum atomic E-state index is -0.222. The number of amides is 1. The van der Waals surface area contributed by atoms with E-state index in [1.807, 2.05) is 0 Å². The van der Waals surface area contributed by atoms with Gasteiger partial charge in [-0.25, -0.2) is 4.98 Å². The number of aromatic nitrogens is 1. The van der Waals surface area contributed by atoms with Gasteiger partial charge in [0.05, 0.1) is 24.7 Å². The first-order chi connectivity index (χ1) is 9.72. The maximum absolute atomic E-state index is 12.0. The molecule has 1 amide bonds. The van der Waals surface area contributed by atoms with E-state index in [1.165, 1.54) is 11.3 Å². The molecule has 0 aliphatic carbocycles. The van der Waals surface area contributed by atoms with E-state index in [2.05, 4.69) is 22.1 Å². The van der Waals surface area contributed by atoms with Gasteiger partial charge in [0.2, 0.25) is 0 Å². The molecule has 2 rings (SSSR count). The minimum absolute atomic E-state index is 0.222. The number of hydrogen-bond donors (Lipinski definition) is 2. The molecule has 1 aromatic heterocycles. The van der Waals surface area contributed by atoms with Crippen LogP contribution in [0.5, 0.6) is 5.75 Å². The number of thiazole rings is 1. The molecule has 20 heavy (non-hydrogen) atoms. The van der Waals surface area contributed by atoms with Gasteiger partial charge >= 0.3 is 0 Å². The Hall–Kier alpha value is -2.36. The summed E-state index contributed by atoms with van der Waals surface area (Å²) in [6.45, 7) is 0.297. The molecule has 1 aromatic carbocycles. The molecule has 5 nitrogen and oxygen atoms in total. The SMILES string of the molecule is COc1ccc(C(=O)Nc2ncc(C#CCN)s2)cc1. The summed E-state index contributed by atoms with van der Waals surface area (Å²) in [5, 5.41) is 3.23. The second kappa shape index (κ2) is 6.70. The van der Waals surface area contributed by atoms with Crippen LogP contribution < -0.4 is 15.8 Å². The smallest absolute Gasteiger partial charge is 0.257 e. The molecule has 6 heteroatoms. The second-order valence-electron chi connectivity index (χ2n) is 3.72. The Bertz CT molecular complexity index is 653. The zero-order valence-corrected chi connectivity index (χ0v) is 11.7. The molecule has 3 N–H and O–H groups in total. The normalized spacial score (nSPS) is 9.50. The molecule has 0 fully saturated rings. The van der Waals surface area contributed by atoms with Gasteiger partial charge in [-0.15, -0.1) is 0 Å². The number of carbonyl (C=O) groups is 1. The molecule has 0 saturated carbocycles. The summed E-state index contributed by atoms with van der Waals surface area (Å²) in [5.74, 6) is 6.09. The number of ether oxygens (including phenoxy) is 1. The first-order valence-corrected chi connectivity index (χ1v) is 6.64. The lowest BCUT2D eigenvalue weighted by Gasteiger charge is -2.03. The van der Waals surface area contributed by atoms with Gasteiger partial charge in [0.1, 0.15) is 5.75 Å². The van der Waals surface area contributed by atoms with Crippen LogP contribution in [0.4, 0.5) is 5.13 Å². The molecular formula is C14H13N3O2S. The van der Waals surface area contributed by atoms with Crippen molar-refractivity contribution in [2.45, 2.75) is 0 Å². The largest absolute Gasteiger partial charge is 0.497 e. The number of carbonyl (C=O) groups excluding carboxylic acids is 1. The van der Waals surface area contributed by atoms with Crippen molar-refractivity contribution in [2.24, 2.45) is 5.73 Å². The summed E-state index contributed by atoms with van der Waals surface area (Å²) >= 11 is 1.31. The van der Waals surface area contributed by atoms with Crippen molar-refractivity contribution in [3.63, 3.8) is 0 Å². The topological polar surface area (TPSA) is 77.2 Å². The summed E-state index contributed by atoms with van der Waals surface area (Å²) in [6.07, 6.45) is 1.61. The van der Waals surface area contributed by atoms with E-state index in [-0.39, 0.29) is 5.91 Å². The first kappa shape index (κ1) is 14.1. The summed E-state index contributed by atoms with van der Waals surface area (Å²) in [6, 6.07) is 6.84. The monoisotopic (exact) mass is 287 g/mol. The Balaban J connectivity index is 2.05. The fourth-order valence-corrected chi connectivity index (χ4v) is 2.13. The van der Waals surface area contributed by atoms with Gasteiger partial charge in [0.25, 0.3) is 5.91 Å². The summed E-state index contributed by atoms with van der Waals surface area (Å²) < 4.78 is 5.04. The quantitative estimate of drug-likeness (QED) is 0.843. The number of methoxy groups -OCH3 is 1. The lowest BCUT2D eigenvalue weighted by atomic mass is 10.2. The lowest BCUT2D eigenvalue weighted by Crippen LogP contribution is -2.11. The van der Waals surface area contributed by atoms with Crippen molar-refractivity contribution in [3.05, 3.63) is 40.9 Å². The highest BCUT2D eigenvalue weighted by Gasteiger charge is 2.08. The van der Waals surface area contributed by atoms with E-state index >= 15 is 0 Å². The number of hydrogen-bond acceptors (Lipinski definition) is 5. The van der Waals surface area contributed by atoms with Crippen LogP contribution in [0.15, 0.2) is 30.5 Å². The highest BCUT2D eigenvalue weighted by atomic mass is 32.1. The van der Waals surface area contributed by atoms with Crippen LogP contribution in [0.3, 0.4) is 0 Å². The molecule has 2 aromatic rings. The maximum atomic E-state index is 12.0. The van der Waals surface area contributed by atoms with Crippen molar-refractivity contribution in [1.29, 1.82) is 0 Å². The van der Waals surface area contributed by atoms with E-state index in [4.69, 9.17) is 10.5 Å². The molecule has 0 saturated heterocycles. The zero-order chi connectivity index (χ0) is 14.4. The predicted octanol–water partition coefficient (Wildman–Crippen LogP) is 1.71. The van der Waals surface area contributed by atoms with Gasteiger partial charge in [-0.3, -0.25) is 10.1 Å². The Labute approximate surface area is 120 Å². The van der Waals surface area contributed by atoms with Crippen molar-refractivity contribution in [1.82, 2.24) is 4.98 Å². The van der Waals surface area contributed by atoms with Crippen molar-refractivity contribution in [2.75, 3.05) is 19.0 Å². The number of nitrogens with two attached hydrogens (primary N) is 1. The van der Waals surface area contributed by atoms with Gasteiger partial charge < -0.3 is 10.5 Å².